The fourth-order valence-electron chi connectivity index (χ4n) is 5.66. The number of hydrogen-bond donors (Lipinski definition) is 2. The number of rotatable bonds is 2. The number of ether oxygens (including phenoxy) is 3. The molecule has 2 aliphatic carbocycles. The van der Waals surface area contributed by atoms with Crippen LogP contribution in [0.3, 0.4) is 0 Å². The number of hydrogen-bond acceptors (Lipinski definition) is 8. The van der Waals surface area contributed by atoms with Gasteiger partial charge in [0, 0.05) is 25.2 Å². The lowest BCUT2D eigenvalue weighted by Crippen LogP contribution is -2.64. The molecule has 1 aliphatic heterocycles. The Labute approximate surface area is 188 Å². The second-order valence-electron chi connectivity index (χ2n) is 9.75. The lowest BCUT2D eigenvalue weighted by Gasteiger charge is -2.53. The summed E-state index contributed by atoms with van der Waals surface area (Å²) in [5.74, 6) is -3.80. The minimum Gasteiger partial charge on any atom is -0.462 e. The summed E-state index contributed by atoms with van der Waals surface area (Å²) >= 11 is 0. The van der Waals surface area contributed by atoms with Gasteiger partial charge in [0.2, 0.25) is 0 Å². The fourth-order valence-corrected chi connectivity index (χ4v) is 5.66. The number of carbonyl (C=O) groups is 3. The summed E-state index contributed by atoms with van der Waals surface area (Å²) in [6.45, 7) is 9.65. The van der Waals surface area contributed by atoms with Gasteiger partial charge in [-0.15, -0.1) is 0 Å². The van der Waals surface area contributed by atoms with E-state index in [9.17, 15) is 24.6 Å². The zero-order valence-corrected chi connectivity index (χ0v) is 19.5. The highest BCUT2D eigenvalue weighted by Gasteiger charge is 2.65. The molecule has 1 saturated heterocycles. The van der Waals surface area contributed by atoms with Crippen molar-refractivity contribution in [2.24, 2.45) is 23.2 Å². The van der Waals surface area contributed by atoms with E-state index in [1.165, 1.54) is 13.8 Å². The average Bonchev–Trinajstić information content (AvgIpc) is 2.90. The van der Waals surface area contributed by atoms with E-state index in [2.05, 4.69) is 0 Å². The first kappa shape index (κ1) is 24.5. The van der Waals surface area contributed by atoms with Crippen LogP contribution in [0.15, 0.2) is 23.8 Å². The molecule has 2 N–H and O–H groups in total. The third kappa shape index (κ3) is 3.99. The molecule has 0 aromatic carbocycles. The largest absolute Gasteiger partial charge is 0.462 e. The Balaban J connectivity index is 2.29. The molecule has 0 aromatic heterocycles. The fraction of sp³-hybridized carbons (Fsp3) is 0.708. The standard InChI is InChI=1S/C24H34O8/c1-12-7-8-18(30-15(4)25)23(6)10-9-17(27)13(2)20(23)21(31-16(5)26)24(29)14(3)22(28)32-19(24)11-12/h9-11,13-14,17-21,27,29H,7-8H2,1-6H3/b12-11-/t13-,14?,17?,18?,19?,20?,21+,23+,24?/m0/s1. The summed E-state index contributed by atoms with van der Waals surface area (Å²) in [5.41, 5.74) is -1.91. The van der Waals surface area contributed by atoms with Gasteiger partial charge in [-0.3, -0.25) is 14.4 Å². The molecule has 6 unspecified atom stereocenters. The zero-order valence-electron chi connectivity index (χ0n) is 19.5. The number of esters is 3. The summed E-state index contributed by atoms with van der Waals surface area (Å²) in [6, 6.07) is 0. The molecule has 0 radical (unpaired) electrons. The molecule has 0 saturated carbocycles. The van der Waals surface area contributed by atoms with Crippen molar-refractivity contribution in [3.8, 4) is 0 Å². The SMILES string of the molecule is CC(=O)OC1CC/C(C)=C\C2OC(=O)C(C)C2(O)[C@H](OC(C)=O)C2[C@@H](C)C(O)C=C[C@]12C. The van der Waals surface area contributed by atoms with E-state index in [1.807, 2.05) is 13.8 Å². The van der Waals surface area contributed by atoms with Crippen molar-refractivity contribution in [3.63, 3.8) is 0 Å². The number of aliphatic hydroxyl groups excluding tert-OH is 1. The molecule has 8 heteroatoms. The minimum atomic E-state index is -1.87. The molecule has 3 rings (SSSR count). The maximum atomic E-state index is 12.6. The molecule has 0 amide bonds. The van der Waals surface area contributed by atoms with Gasteiger partial charge in [0.1, 0.15) is 12.2 Å². The molecule has 1 heterocycles. The molecule has 8 nitrogen and oxygen atoms in total. The second kappa shape index (κ2) is 8.63. The van der Waals surface area contributed by atoms with E-state index < -0.39 is 71.1 Å². The lowest BCUT2D eigenvalue weighted by molar-refractivity contribution is -0.209. The maximum Gasteiger partial charge on any atom is 0.312 e. The predicted molar refractivity (Wildman–Crippen MR) is 114 cm³/mol. The highest BCUT2D eigenvalue weighted by molar-refractivity contribution is 5.77. The summed E-state index contributed by atoms with van der Waals surface area (Å²) in [5, 5.41) is 22.7. The Morgan fingerprint density at radius 3 is 2.41 bits per heavy atom. The van der Waals surface area contributed by atoms with Crippen LogP contribution < -0.4 is 0 Å². The number of fused-ring (bicyclic) bond motifs is 2. The van der Waals surface area contributed by atoms with Gasteiger partial charge in [-0.1, -0.05) is 31.6 Å². The van der Waals surface area contributed by atoms with E-state index in [4.69, 9.17) is 14.2 Å². The maximum absolute atomic E-state index is 12.6. The summed E-state index contributed by atoms with van der Waals surface area (Å²) in [7, 11) is 0. The lowest BCUT2D eigenvalue weighted by atomic mass is 9.56. The number of allylic oxidation sites excluding steroid dienone is 1. The summed E-state index contributed by atoms with van der Waals surface area (Å²) < 4.78 is 17.1. The van der Waals surface area contributed by atoms with Crippen LogP contribution in [-0.4, -0.2) is 58.1 Å². The van der Waals surface area contributed by atoms with Crippen molar-refractivity contribution in [2.45, 2.75) is 84.4 Å². The Bertz CT molecular complexity index is 847. The van der Waals surface area contributed by atoms with E-state index in [-0.39, 0.29) is 0 Å². The topological polar surface area (TPSA) is 119 Å². The molecule has 32 heavy (non-hydrogen) atoms. The normalized spacial score (nSPS) is 45.6. The van der Waals surface area contributed by atoms with Crippen molar-refractivity contribution in [1.29, 1.82) is 0 Å². The van der Waals surface area contributed by atoms with E-state index in [1.54, 1.807) is 32.1 Å². The van der Waals surface area contributed by atoms with Gasteiger partial charge in [-0.25, -0.2) is 0 Å². The van der Waals surface area contributed by atoms with Gasteiger partial charge in [0.25, 0.3) is 0 Å². The smallest absolute Gasteiger partial charge is 0.312 e. The number of aliphatic hydroxyl groups is 2. The van der Waals surface area contributed by atoms with E-state index in [0.29, 0.717) is 12.8 Å². The first-order valence-electron chi connectivity index (χ1n) is 11.1. The first-order valence-corrected chi connectivity index (χ1v) is 11.1. The molecule has 178 valence electrons. The third-order valence-corrected chi connectivity index (χ3v) is 7.54. The van der Waals surface area contributed by atoms with Crippen molar-refractivity contribution in [3.05, 3.63) is 23.8 Å². The first-order chi connectivity index (χ1) is 14.8. The second-order valence-corrected chi connectivity index (χ2v) is 9.75. The van der Waals surface area contributed by atoms with Crippen LogP contribution in [0, 0.1) is 23.2 Å². The molecule has 1 fully saturated rings. The molecule has 0 spiro atoms. The monoisotopic (exact) mass is 450 g/mol. The quantitative estimate of drug-likeness (QED) is 0.373. The molecule has 0 aromatic rings. The molecular formula is C24H34O8. The van der Waals surface area contributed by atoms with Crippen molar-refractivity contribution < 1.29 is 38.8 Å². The van der Waals surface area contributed by atoms with Gasteiger partial charge in [-0.05, 0) is 38.7 Å². The molecule has 9 atom stereocenters. The van der Waals surface area contributed by atoms with Crippen LogP contribution in [-0.2, 0) is 28.6 Å². The summed E-state index contributed by atoms with van der Waals surface area (Å²) in [4.78, 5) is 36.8. The Morgan fingerprint density at radius 1 is 1.19 bits per heavy atom. The Kier molecular flexibility index (Phi) is 6.60. The van der Waals surface area contributed by atoms with E-state index in [0.717, 1.165) is 5.57 Å². The predicted octanol–water partition coefficient (Wildman–Crippen LogP) is 2.07. The highest BCUT2D eigenvalue weighted by atomic mass is 16.6. The van der Waals surface area contributed by atoms with Crippen LogP contribution in [0.25, 0.3) is 0 Å². The van der Waals surface area contributed by atoms with E-state index >= 15 is 0 Å². The zero-order chi connectivity index (χ0) is 24.0. The molecular weight excluding hydrogens is 416 g/mol. The van der Waals surface area contributed by atoms with Crippen LogP contribution >= 0.6 is 0 Å². The van der Waals surface area contributed by atoms with Crippen LogP contribution in [0.5, 0.6) is 0 Å². The van der Waals surface area contributed by atoms with Gasteiger partial charge < -0.3 is 24.4 Å². The minimum absolute atomic E-state index is 0.450. The Hall–Kier alpha value is -2.19. The molecule has 0 bridgehead atoms. The van der Waals surface area contributed by atoms with Crippen LogP contribution in [0.4, 0.5) is 0 Å². The molecule has 3 aliphatic rings. The van der Waals surface area contributed by atoms with Crippen molar-refractivity contribution >= 4 is 17.9 Å². The average molecular weight is 451 g/mol. The highest BCUT2D eigenvalue weighted by Crippen LogP contribution is 2.53. The number of carbonyl (C=O) groups excluding carboxylic acids is 3. The van der Waals surface area contributed by atoms with Crippen LogP contribution in [0.1, 0.15) is 54.4 Å². The van der Waals surface area contributed by atoms with Gasteiger partial charge >= 0.3 is 17.9 Å². The van der Waals surface area contributed by atoms with Gasteiger partial charge in [0.05, 0.1) is 12.0 Å². The van der Waals surface area contributed by atoms with Crippen molar-refractivity contribution in [1.82, 2.24) is 0 Å². The Morgan fingerprint density at radius 2 is 1.81 bits per heavy atom. The summed E-state index contributed by atoms with van der Waals surface area (Å²) in [6.07, 6.45) is 2.44. The third-order valence-electron chi connectivity index (χ3n) is 7.54. The van der Waals surface area contributed by atoms with Gasteiger partial charge in [0.15, 0.2) is 11.7 Å². The van der Waals surface area contributed by atoms with Gasteiger partial charge in [-0.2, -0.15) is 0 Å². The van der Waals surface area contributed by atoms with Crippen LogP contribution in [0.2, 0.25) is 0 Å². The van der Waals surface area contributed by atoms with Crippen molar-refractivity contribution in [2.75, 3.05) is 0 Å².